The molecule has 1 saturated heterocycles. The first-order valence-corrected chi connectivity index (χ1v) is 7.76. The van der Waals surface area contributed by atoms with Crippen LogP contribution < -0.4 is 10.1 Å². The van der Waals surface area contributed by atoms with E-state index in [2.05, 4.69) is 38.5 Å². The Labute approximate surface area is 163 Å². The number of carbonyl (C=O) groups excluding carboxylic acids is 1. The van der Waals surface area contributed by atoms with Crippen molar-refractivity contribution in [3.8, 4) is 5.75 Å². The summed E-state index contributed by atoms with van der Waals surface area (Å²) in [6.45, 7) is 4.65. The number of piperazine rings is 1. The van der Waals surface area contributed by atoms with Gasteiger partial charge >= 0.3 is 5.57 Å². The first-order valence-electron chi connectivity index (χ1n) is 7.38. The normalized spacial score (nSPS) is 15.7. The molecule has 0 unspecified atom stereocenters. The van der Waals surface area contributed by atoms with Crippen LogP contribution in [0, 0.1) is 0 Å². The fourth-order valence-corrected chi connectivity index (χ4v) is 2.38. The van der Waals surface area contributed by atoms with Crippen LogP contribution in [0.15, 0.2) is 24.3 Å². The van der Waals surface area contributed by atoms with E-state index in [-0.39, 0.29) is 36.5 Å². The van der Waals surface area contributed by atoms with E-state index < -0.39 is 5.57 Å². The molecule has 1 aromatic rings. The van der Waals surface area contributed by atoms with E-state index in [0.29, 0.717) is 18.7 Å². The Morgan fingerprint density at radius 1 is 1.20 bits per heavy atom. The van der Waals surface area contributed by atoms with Crippen molar-refractivity contribution in [1.82, 2.24) is 9.80 Å². The Hall–Kier alpha value is -0.860. The molecule has 0 aromatic heterocycles. The number of amides is 1. The number of benzene rings is 1. The van der Waals surface area contributed by atoms with Gasteiger partial charge in [-0.15, -0.1) is 33.6 Å². The second kappa shape index (κ2) is 11.0. The highest BCUT2D eigenvalue weighted by Gasteiger charge is 2.27. The molecule has 0 radical (unpaired) electrons. The largest absolute Gasteiger partial charge is 0.487 e. The summed E-state index contributed by atoms with van der Waals surface area (Å²) in [5.41, 5.74) is -3.22. The average molecular weight is 421 g/mol. The molecular formula is C15H22Cl3F2N3O2. The quantitative estimate of drug-likeness (QED) is 0.718. The number of nitrogens with one attached hydrogen (secondary N) is 1. The third-order valence-electron chi connectivity index (χ3n) is 3.62. The van der Waals surface area contributed by atoms with Crippen molar-refractivity contribution in [3.05, 3.63) is 24.3 Å². The smallest absolute Gasteiger partial charge is 0.420 e. The van der Waals surface area contributed by atoms with Crippen molar-refractivity contribution in [2.45, 2.75) is 12.0 Å². The Bertz CT molecular complexity index is 522. The summed E-state index contributed by atoms with van der Waals surface area (Å²) in [6.07, 6.45) is 0.391. The summed E-state index contributed by atoms with van der Waals surface area (Å²) in [7, 11) is 2.08. The molecule has 0 spiro atoms. The van der Waals surface area contributed by atoms with Gasteiger partial charge in [0.2, 0.25) is 5.91 Å². The third-order valence-corrected chi connectivity index (χ3v) is 3.70. The number of hydrogen-bond acceptors (Lipinski definition) is 4. The van der Waals surface area contributed by atoms with E-state index in [0.717, 1.165) is 26.2 Å². The van der Waals surface area contributed by atoms with Crippen LogP contribution in [0.5, 0.6) is 5.75 Å². The van der Waals surface area contributed by atoms with Gasteiger partial charge in [0, 0.05) is 56.4 Å². The molecule has 1 fully saturated rings. The van der Waals surface area contributed by atoms with Crippen LogP contribution in [0.1, 0.15) is 6.42 Å². The summed E-state index contributed by atoms with van der Waals surface area (Å²) in [4.78, 5) is 16.4. The Balaban J connectivity index is 0.00000288. The molecule has 10 heteroatoms. The van der Waals surface area contributed by atoms with E-state index in [1.165, 1.54) is 24.3 Å². The molecule has 0 aliphatic carbocycles. The van der Waals surface area contributed by atoms with E-state index in [9.17, 15) is 13.6 Å². The number of alkyl halides is 3. The van der Waals surface area contributed by atoms with Gasteiger partial charge < -0.3 is 19.9 Å². The molecular weight excluding hydrogens is 399 g/mol. The number of rotatable bonds is 6. The molecule has 144 valence electrons. The molecule has 1 aromatic carbocycles. The van der Waals surface area contributed by atoms with Gasteiger partial charge in [-0.05, 0) is 31.3 Å². The topological polar surface area (TPSA) is 44.8 Å². The molecule has 1 heterocycles. The molecule has 2 rings (SSSR count). The van der Waals surface area contributed by atoms with Crippen LogP contribution in [-0.2, 0) is 4.79 Å². The monoisotopic (exact) mass is 419 g/mol. The maximum absolute atomic E-state index is 12.5. The molecule has 0 saturated carbocycles. The zero-order valence-corrected chi connectivity index (χ0v) is 16.1. The first-order chi connectivity index (χ1) is 10.8. The van der Waals surface area contributed by atoms with Crippen molar-refractivity contribution < 1.29 is 18.3 Å². The predicted molar refractivity (Wildman–Crippen MR) is 99.5 cm³/mol. The second-order valence-corrected chi connectivity index (χ2v) is 5.96. The van der Waals surface area contributed by atoms with Crippen LogP contribution in [0.4, 0.5) is 14.5 Å². The number of hydrogen-bond donors (Lipinski definition) is 1. The van der Waals surface area contributed by atoms with Crippen molar-refractivity contribution in [2.75, 3.05) is 45.1 Å². The number of nitrogens with zero attached hydrogens (tertiary/aromatic N) is 2. The van der Waals surface area contributed by atoms with E-state index in [1.807, 2.05) is 0 Å². The van der Waals surface area contributed by atoms with Gasteiger partial charge in [0.25, 0.3) is 0 Å². The minimum Gasteiger partial charge on any atom is -0.420 e. The number of likely N-dealkylation sites (N-methyl/N-ethyl adjacent to an activating group) is 1. The lowest BCUT2D eigenvalue weighted by Gasteiger charge is -2.32. The van der Waals surface area contributed by atoms with Gasteiger partial charge in [-0.25, -0.2) is 0 Å². The molecule has 0 bridgehead atoms. The van der Waals surface area contributed by atoms with Crippen LogP contribution >= 0.6 is 36.4 Å². The second-order valence-electron chi connectivity index (χ2n) is 5.52. The zero-order valence-electron chi connectivity index (χ0n) is 13.7. The maximum atomic E-state index is 12.5. The molecule has 1 amide bonds. The van der Waals surface area contributed by atoms with E-state index in [4.69, 9.17) is 0 Å². The molecule has 5 nitrogen and oxygen atoms in total. The number of halogens is 5. The van der Waals surface area contributed by atoms with E-state index in [1.54, 1.807) is 0 Å². The Morgan fingerprint density at radius 3 is 2.28 bits per heavy atom. The lowest BCUT2D eigenvalue weighted by molar-refractivity contribution is -0.116. The summed E-state index contributed by atoms with van der Waals surface area (Å²) in [6, 6.07) is 5.64. The lowest BCUT2D eigenvalue weighted by Crippen LogP contribution is -2.45. The standard InChI is InChI=1S/C15H20ClF2N3O2.2ClH/c1-20-8-10-21(11-9-20)7-6-14(22)19-12-2-4-13(5-3-12)23-15(16,17)18;;/h2-5H,6-11H2,1H3,(H,19,22);2*1H. The van der Waals surface area contributed by atoms with Crippen molar-refractivity contribution in [2.24, 2.45) is 0 Å². The van der Waals surface area contributed by atoms with Gasteiger partial charge in [0.15, 0.2) is 0 Å². The lowest BCUT2D eigenvalue weighted by atomic mass is 10.2. The average Bonchev–Trinajstić information content (AvgIpc) is 2.47. The van der Waals surface area contributed by atoms with Gasteiger partial charge in [-0.3, -0.25) is 4.79 Å². The van der Waals surface area contributed by atoms with Crippen LogP contribution in [-0.4, -0.2) is 61.0 Å². The number of anilines is 1. The van der Waals surface area contributed by atoms with Crippen molar-refractivity contribution in [3.63, 3.8) is 0 Å². The number of carbonyl (C=O) groups is 1. The van der Waals surface area contributed by atoms with Gasteiger partial charge in [0.05, 0.1) is 0 Å². The highest BCUT2D eigenvalue weighted by Crippen LogP contribution is 2.25. The van der Waals surface area contributed by atoms with Crippen LogP contribution in [0.3, 0.4) is 0 Å². The summed E-state index contributed by atoms with van der Waals surface area (Å²) in [5.74, 6) is -0.180. The maximum Gasteiger partial charge on any atom is 0.487 e. The SMILES string of the molecule is CN1CCN(CCC(=O)Nc2ccc(OC(F)(F)Cl)cc2)CC1.Cl.Cl. The van der Waals surface area contributed by atoms with Gasteiger partial charge in [-0.2, -0.15) is 0 Å². The zero-order chi connectivity index (χ0) is 16.9. The summed E-state index contributed by atoms with van der Waals surface area (Å²) in [5, 5.41) is 2.73. The fraction of sp³-hybridized carbons (Fsp3) is 0.533. The predicted octanol–water partition coefficient (Wildman–Crippen LogP) is 3.27. The van der Waals surface area contributed by atoms with Crippen molar-refractivity contribution in [1.29, 1.82) is 0 Å². The van der Waals surface area contributed by atoms with Crippen LogP contribution in [0.25, 0.3) is 0 Å². The van der Waals surface area contributed by atoms with E-state index >= 15 is 0 Å². The molecule has 0 atom stereocenters. The molecule has 1 aliphatic rings. The van der Waals surface area contributed by atoms with Crippen LogP contribution in [0.2, 0.25) is 0 Å². The van der Waals surface area contributed by atoms with Gasteiger partial charge in [-0.1, -0.05) is 0 Å². The molecule has 25 heavy (non-hydrogen) atoms. The third kappa shape index (κ3) is 9.42. The first kappa shape index (κ1) is 24.1. The van der Waals surface area contributed by atoms with Crippen molar-refractivity contribution >= 4 is 48.0 Å². The fourth-order valence-electron chi connectivity index (χ4n) is 2.29. The summed E-state index contributed by atoms with van der Waals surface area (Å²) >= 11 is 4.68. The number of ether oxygens (including phenoxy) is 1. The minimum atomic E-state index is -3.74. The molecule has 1 N–H and O–H groups in total. The molecule has 1 aliphatic heterocycles. The Kier molecular flexibility index (Phi) is 10.6. The minimum absolute atomic E-state index is 0. The van der Waals surface area contributed by atoms with Gasteiger partial charge in [0.1, 0.15) is 5.75 Å². The Morgan fingerprint density at radius 2 is 1.76 bits per heavy atom. The summed E-state index contributed by atoms with van der Waals surface area (Å²) < 4.78 is 29.2. The highest BCUT2D eigenvalue weighted by molar-refractivity contribution is 6.20. The highest BCUT2D eigenvalue weighted by atomic mass is 35.5.